The molecule has 0 radical (unpaired) electrons. The van der Waals surface area contributed by atoms with Crippen LogP contribution in [-0.4, -0.2) is 47.0 Å². The first kappa shape index (κ1) is 20.7. The minimum absolute atomic E-state index is 0.106. The Morgan fingerprint density at radius 1 is 1.37 bits per heavy atom. The van der Waals surface area contributed by atoms with Crippen molar-refractivity contribution < 1.29 is 19.2 Å². The number of non-ortho nitro benzene ring substituents is 1. The summed E-state index contributed by atoms with van der Waals surface area (Å²) in [7, 11) is 3.03. The molecule has 0 spiro atoms. The van der Waals surface area contributed by atoms with Crippen LogP contribution in [0.4, 0.5) is 11.4 Å². The van der Waals surface area contributed by atoms with Crippen molar-refractivity contribution in [3.05, 3.63) is 39.7 Å². The van der Waals surface area contributed by atoms with E-state index in [0.29, 0.717) is 18.8 Å². The second kappa shape index (κ2) is 9.38. The molecule has 146 valence electrons. The van der Waals surface area contributed by atoms with Gasteiger partial charge in [-0.1, -0.05) is 11.8 Å². The van der Waals surface area contributed by atoms with Gasteiger partial charge < -0.3 is 19.4 Å². The maximum Gasteiger partial charge on any atom is 0.273 e. The van der Waals surface area contributed by atoms with Gasteiger partial charge in [0, 0.05) is 25.4 Å². The monoisotopic (exact) mass is 394 g/mol. The second-order valence-electron chi connectivity index (χ2n) is 5.69. The number of nitrogens with one attached hydrogen (secondary N) is 1. The zero-order chi connectivity index (χ0) is 20.0. The van der Waals surface area contributed by atoms with Gasteiger partial charge in [0.15, 0.2) is 5.16 Å². The normalized spacial score (nSPS) is 10.7. The number of ether oxygens (including phenoxy) is 2. The first-order chi connectivity index (χ1) is 12.9. The number of nitro benzene ring substituents is 1. The van der Waals surface area contributed by atoms with Crippen LogP contribution in [0.15, 0.2) is 23.4 Å². The lowest BCUT2D eigenvalue weighted by Gasteiger charge is -2.11. The number of carbonyl (C=O) groups is 1. The number of rotatable bonds is 9. The highest BCUT2D eigenvalue weighted by atomic mass is 32.2. The average Bonchev–Trinajstić information content (AvgIpc) is 2.92. The van der Waals surface area contributed by atoms with Gasteiger partial charge in [-0.05, 0) is 19.9 Å². The lowest BCUT2D eigenvalue weighted by Crippen LogP contribution is -2.16. The number of nitrogens with zero attached hydrogens (tertiary/aromatic N) is 3. The van der Waals surface area contributed by atoms with E-state index in [1.165, 1.54) is 37.1 Å². The molecule has 1 heterocycles. The largest absolute Gasteiger partial charge is 0.494 e. The van der Waals surface area contributed by atoms with Crippen LogP contribution in [0.1, 0.15) is 11.4 Å². The van der Waals surface area contributed by atoms with Gasteiger partial charge >= 0.3 is 0 Å². The molecule has 0 aliphatic carbocycles. The molecular weight excluding hydrogens is 372 g/mol. The summed E-state index contributed by atoms with van der Waals surface area (Å²) in [6.07, 6.45) is 0. The predicted molar refractivity (Wildman–Crippen MR) is 103 cm³/mol. The quantitative estimate of drug-likeness (QED) is 0.396. The van der Waals surface area contributed by atoms with Crippen LogP contribution < -0.4 is 10.1 Å². The number of imidazole rings is 1. The van der Waals surface area contributed by atoms with E-state index in [-0.39, 0.29) is 23.1 Å². The molecule has 0 aliphatic rings. The van der Waals surface area contributed by atoms with Crippen LogP contribution >= 0.6 is 11.8 Å². The fourth-order valence-corrected chi connectivity index (χ4v) is 3.31. The molecule has 2 aromatic rings. The fourth-order valence-electron chi connectivity index (χ4n) is 2.39. The minimum atomic E-state index is -0.519. The third-order valence-electron chi connectivity index (χ3n) is 3.94. The van der Waals surface area contributed by atoms with Crippen molar-refractivity contribution in [2.24, 2.45) is 0 Å². The van der Waals surface area contributed by atoms with E-state index in [2.05, 4.69) is 10.3 Å². The van der Waals surface area contributed by atoms with Crippen LogP contribution in [-0.2, 0) is 16.1 Å². The van der Waals surface area contributed by atoms with Crippen molar-refractivity contribution in [2.45, 2.75) is 25.5 Å². The Labute approximate surface area is 161 Å². The van der Waals surface area contributed by atoms with Crippen LogP contribution in [0, 0.1) is 24.0 Å². The molecule has 0 atom stereocenters. The third kappa shape index (κ3) is 5.20. The van der Waals surface area contributed by atoms with E-state index in [1.54, 1.807) is 7.11 Å². The van der Waals surface area contributed by atoms with Crippen LogP contribution in [0.5, 0.6) is 5.75 Å². The number of hydrogen-bond donors (Lipinski definition) is 1. The molecule has 0 fully saturated rings. The van der Waals surface area contributed by atoms with Crippen LogP contribution in [0.25, 0.3) is 0 Å². The molecule has 1 aromatic heterocycles. The highest BCUT2D eigenvalue weighted by molar-refractivity contribution is 7.99. The van der Waals surface area contributed by atoms with E-state index in [0.717, 1.165) is 16.5 Å². The number of benzene rings is 1. The van der Waals surface area contributed by atoms with E-state index < -0.39 is 4.92 Å². The van der Waals surface area contributed by atoms with Crippen molar-refractivity contribution in [1.82, 2.24) is 9.55 Å². The molecular formula is C17H22N4O5S. The third-order valence-corrected chi connectivity index (χ3v) is 4.92. The number of methoxy groups -OCH3 is 2. The van der Waals surface area contributed by atoms with Gasteiger partial charge in [0.1, 0.15) is 5.75 Å². The summed E-state index contributed by atoms with van der Waals surface area (Å²) in [5.74, 6) is 0.114. The summed E-state index contributed by atoms with van der Waals surface area (Å²) in [5, 5.41) is 14.3. The summed E-state index contributed by atoms with van der Waals surface area (Å²) in [6.45, 7) is 5.11. The van der Waals surface area contributed by atoms with Gasteiger partial charge in [0.25, 0.3) is 5.69 Å². The maximum atomic E-state index is 12.3. The molecule has 0 saturated heterocycles. The molecule has 2 rings (SSSR count). The summed E-state index contributed by atoms with van der Waals surface area (Å²) < 4.78 is 12.3. The van der Waals surface area contributed by atoms with E-state index in [4.69, 9.17) is 9.47 Å². The molecule has 0 aliphatic heterocycles. The number of amides is 1. The Balaban J connectivity index is 2.05. The summed E-state index contributed by atoms with van der Waals surface area (Å²) in [4.78, 5) is 27.1. The van der Waals surface area contributed by atoms with Crippen molar-refractivity contribution in [3.8, 4) is 5.75 Å². The molecule has 27 heavy (non-hydrogen) atoms. The Hall–Kier alpha value is -2.59. The Kier molecular flexibility index (Phi) is 7.19. The van der Waals surface area contributed by atoms with Crippen molar-refractivity contribution in [3.63, 3.8) is 0 Å². The molecule has 0 bridgehead atoms. The molecule has 0 unspecified atom stereocenters. The summed E-state index contributed by atoms with van der Waals surface area (Å²) in [5.41, 5.74) is 2.21. The number of aryl methyl sites for hydroxylation is 1. The van der Waals surface area contributed by atoms with Crippen LogP contribution in [0.2, 0.25) is 0 Å². The molecule has 9 nitrogen and oxygen atoms in total. The Bertz CT molecular complexity index is 837. The zero-order valence-corrected chi connectivity index (χ0v) is 16.5. The number of carbonyl (C=O) groups excluding carboxylic acids is 1. The lowest BCUT2D eigenvalue weighted by atomic mass is 10.2. The van der Waals surface area contributed by atoms with Gasteiger partial charge in [0.05, 0.1) is 41.8 Å². The molecule has 0 saturated carbocycles. The number of aromatic nitrogens is 2. The van der Waals surface area contributed by atoms with Crippen molar-refractivity contribution in [2.75, 3.05) is 31.9 Å². The maximum absolute atomic E-state index is 12.3. The molecule has 1 N–H and O–H groups in total. The summed E-state index contributed by atoms with van der Waals surface area (Å²) in [6, 6.07) is 4.04. The van der Waals surface area contributed by atoms with Gasteiger partial charge in [-0.3, -0.25) is 14.9 Å². The minimum Gasteiger partial charge on any atom is -0.494 e. The van der Waals surface area contributed by atoms with Crippen LogP contribution in [0.3, 0.4) is 0 Å². The van der Waals surface area contributed by atoms with Gasteiger partial charge in [0.2, 0.25) is 5.91 Å². The topological polar surface area (TPSA) is 109 Å². The smallest absolute Gasteiger partial charge is 0.273 e. The zero-order valence-electron chi connectivity index (χ0n) is 15.6. The fraction of sp³-hybridized carbons (Fsp3) is 0.412. The number of nitro groups is 1. The van der Waals surface area contributed by atoms with E-state index >= 15 is 0 Å². The average molecular weight is 394 g/mol. The second-order valence-corrected chi connectivity index (χ2v) is 6.63. The lowest BCUT2D eigenvalue weighted by molar-refractivity contribution is -0.384. The van der Waals surface area contributed by atoms with Gasteiger partial charge in [-0.15, -0.1) is 0 Å². The van der Waals surface area contributed by atoms with E-state index in [9.17, 15) is 14.9 Å². The summed E-state index contributed by atoms with van der Waals surface area (Å²) >= 11 is 1.32. The molecule has 10 heteroatoms. The molecule has 1 aromatic carbocycles. The van der Waals surface area contributed by atoms with Crippen molar-refractivity contribution in [1.29, 1.82) is 0 Å². The SMILES string of the molecule is COCCn1c(SCC(=O)Nc2ccc([N+](=O)[O-])cc2OC)nc(C)c1C. The highest BCUT2D eigenvalue weighted by Crippen LogP contribution is 2.29. The Morgan fingerprint density at radius 2 is 2.11 bits per heavy atom. The number of thioether (sulfide) groups is 1. The predicted octanol–water partition coefficient (Wildman–Crippen LogP) is 2.79. The van der Waals surface area contributed by atoms with E-state index in [1.807, 2.05) is 18.4 Å². The number of hydrogen-bond acceptors (Lipinski definition) is 7. The van der Waals surface area contributed by atoms with Gasteiger partial charge in [-0.2, -0.15) is 0 Å². The van der Waals surface area contributed by atoms with Crippen molar-refractivity contribution >= 4 is 29.0 Å². The molecule has 1 amide bonds. The standard InChI is InChI=1S/C17H22N4O5S/c1-11-12(2)20(7-8-25-3)17(18-11)27-10-16(22)19-14-6-5-13(21(23)24)9-15(14)26-4/h5-6,9H,7-8,10H2,1-4H3,(H,19,22). The first-order valence-electron chi connectivity index (χ1n) is 8.15. The van der Waals surface area contributed by atoms with Gasteiger partial charge in [-0.25, -0.2) is 4.98 Å². The Morgan fingerprint density at radius 3 is 2.74 bits per heavy atom. The highest BCUT2D eigenvalue weighted by Gasteiger charge is 2.16. The first-order valence-corrected chi connectivity index (χ1v) is 9.13. The number of anilines is 1.